The number of aromatic nitrogens is 2. The maximum Gasteiger partial charge on any atom is 0.0637 e. The van der Waals surface area contributed by atoms with E-state index in [1.807, 2.05) is 6.20 Å². The molecule has 0 aromatic carbocycles. The van der Waals surface area contributed by atoms with E-state index < -0.39 is 0 Å². The van der Waals surface area contributed by atoms with Crippen molar-refractivity contribution in [2.75, 3.05) is 0 Å². The van der Waals surface area contributed by atoms with Crippen molar-refractivity contribution in [2.45, 2.75) is 39.5 Å². The molecule has 0 spiro atoms. The Morgan fingerprint density at radius 1 is 1.07 bits per heavy atom. The second-order valence-electron chi connectivity index (χ2n) is 4.73. The summed E-state index contributed by atoms with van der Waals surface area (Å²) < 4.78 is 2.18. The molecule has 0 saturated heterocycles. The molecule has 0 atom stereocenters. The molecule has 0 bridgehead atoms. The lowest BCUT2D eigenvalue weighted by Gasteiger charge is -2.04. The Balaban J connectivity index is 2.52. The van der Waals surface area contributed by atoms with Crippen LogP contribution in [-0.2, 0) is 0 Å². The smallest absolute Gasteiger partial charge is 0.0637 e. The molecule has 0 saturated carbocycles. The third kappa shape index (κ3) is 1.89. The zero-order valence-electron chi connectivity index (χ0n) is 9.86. The molecule has 0 aliphatic rings. The average molecular weight is 202 g/mol. The lowest BCUT2D eigenvalue weighted by atomic mass is 10.1. The molecule has 80 valence electrons. The molecule has 2 aromatic heterocycles. The van der Waals surface area contributed by atoms with Crippen LogP contribution in [0.4, 0.5) is 0 Å². The predicted octanol–water partition coefficient (Wildman–Crippen LogP) is 3.58. The summed E-state index contributed by atoms with van der Waals surface area (Å²) in [6.07, 6.45) is 6.29. The van der Waals surface area contributed by atoms with Crippen LogP contribution in [0.2, 0.25) is 0 Å². The monoisotopic (exact) mass is 202 g/mol. The van der Waals surface area contributed by atoms with Crippen LogP contribution in [0.5, 0.6) is 0 Å². The van der Waals surface area contributed by atoms with Crippen molar-refractivity contribution in [2.24, 2.45) is 0 Å². The summed E-state index contributed by atoms with van der Waals surface area (Å²) in [6, 6.07) is 2.21. The number of hydrogen-bond acceptors (Lipinski definition) is 1. The highest BCUT2D eigenvalue weighted by Gasteiger charge is 2.06. The minimum Gasteiger partial charge on any atom is -0.320 e. The third-order valence-electron chi connectivity index (χ3n) is 2.78. The van der Waals surface area contributed by atoms with Crippen molar-refractivity contribution < 1.29 is 0 Å². The molecule has 2 heteroatoms. The van der Waals surface area contributed by atoms with Crippen LogP contribution >= 0.6 is 0 Å². The van der Waals surface area contributed by atoms with Crippen molar-refractivity contribution in [3.05, 3.63) is 35.9 Å². The van der Waals surface area contributed by atoms with E-state index >= 15 is 0 Å². The fraction of sp³-hybridized carbons (Fsp3) is 0.462. The van der Waals surface area contributed by atoms with Crippen LogP contribution < -0.4 is 0 Å². The van der Waals surface area contributed by atoms with E-state index in [-0.39, 0.29) is 0 Å². The molecule has 15 heavy (non-hydrogen) atoms. The first kappa shape index (κ1) is 10.2. The van der Waals surface area contributed by atoms with Crippen molar-refractivity contribution in [1.29, 1.82) is 0 Å². The average Bonchev–Trinajstić information content (AvgIpc) is 2.59. The normalized spacial score (nSPS) is 11.9. The SMILES string of the molecule is CC(C)c1cc2cnc(C(C)C)cn2c1. The summed E-state index contributed by atoms with van der Waals surface area (Å²) in [6.45, 7) is 8.76. The zero-order chi connectivity index (χ0) is 11.0. The van der Waals surface area contributed by atoms with Crippen LogP contribution in [0.25, 0.3) is 5.52 Å². The Morgan fingerprint density at radius 3 is 2.40 bits per heavy atom. The molecule has 0 N–H and O–H groups in total. The molecule has 2 aromatic rings. The highest BCUT2D eigenvalue weighted by Crippen LogP contribution is 2.19. The summed E-state index contributed by atoms with van der Waals surface area (Å²) in [5.74, 6) is 1.06. The highest BCUT2D eigenvalue weighted by molar-refractivity contribution is 5.49. The summed E-state index contributed by atoms with van der Waals surface area (Å²) in [5.41, 5.74) is 3.70. The third-order valence-corrected chi connectivity index (χ3v) is 2.78. The van der Waals surface area contributed by atoms with E-state index in [0.717, 1.165) is 5.69 Å². The minimum absolute atomic E-state index is 0.485. The van der Waals surface area contributed by atoms with Crippen LogP contribution in [0.15, 0.2) is 24.7 Å². The Kier molecular flexibility index (Phi) is 2.51. The first-order valence-corrected chi connectivity index (χ1v) is 5.55. The fourth-order valence-corrected chi connectivity index (χ4v) is 1.66. The van der Waals surface area contributed by atoms with Gasteiger partial charge in [-0.1, -0.05) is 27.7 Å². The van der Waals surface area contributed by atoms with E-state index in [0.29, 0.717) is 11.8 Å². The second-order valence-corrected chi connectivity index (χ2v) is 4.73. The molecule has 0 aliphatic heterocycles. The van der Waals surface area contributed by atoms with Gasteiger partial charge >= 0.3 is 0 Å². The Labute approximate surface area is 91.0 Å². The van der Waals surface area contributed by atoms with Gasteiger partial charge in [-0.05, 0) is 23.5 Å². The largest absolute Gasteiger partial charge is 0.320 e. The van der Waals surface area contributed by atoms with Crippen molar-refractivity contribution in [3.63, 3.8) is 0 Å². The molecule has 2 heterocycles. The first-order valence-electron chi connectivity index (χ1n) is 5.55. The van der Waals surface area contributed by atoms with E-state index in [9.17, 15) is 0 Å². The molecule has 0 fully saturated rings. The van der Waals surface area contributed by atoms with Gasteiger partial charge in [0.1, 0.15) is 0 Å². The van der Waals surface area contributed by atoms with Gasteiger partial charge in [0, 0.05) is 12.4 Å². The first-order chi connectivity index (χ1) is 7.08. The van der Waals surface area contributed by atoms with E-state index in [1.165, 1.54) is 11.1 Å². The van der Waals surface area contributed by atoms with Crippen LogP contribution in [-0.4, -0.2) is 9.38 Å². The van der Waals surface area contributed by atoms with Gasteiger partial charge in [-0.15, -0.1) is 0 Å². The number of rotatable bonds is 2. The van der Waals surface area contributed by atoms with Gasteiger partial charge in [-0.2, -0.15) is 0 Å². The van der Waals surface area contributed by atoms with Gasteiger partial charge < -0.3 is 4.40 Å². The van der Waals surface area contributed by atoms with E-state index in [1.54, 1.807) is 0 Å². The van der Waals surface area contributed by atoms with Gasteiger partial charge in [0.25, 0.3) is 0 Å². The van der Waals surface area contributed by atoms with Crippen LogP contribution in [0, 0.1) is 0 Å². The maximum atomic E-state index is 4.46. The van der Waals surface area contributed by atoms with E-state index in [4.69, 9.17) is 0 Å². The van der Waals surface area contributed by atoms with Gasteiger partial charge in [-0.3, -0.25) is 4.98 Å². The Bertz CT molecular complexity index is 460. The van der Waals surface area contributed by atoms with E-state index in [2.05, 4.69) is 55.5 Å². The lowest BCUT2D eigenvalue weighted by molar-refractivity contribution is 0.807. The highest BCUT2D eigenvalue weighted by atomic mass is 14.9. The molecule has 0 radical (unpaired) electrons. The zero-order valence-corrected chi connectivity index (χ0v) is 9.86. The van der Waals surface area contributed by atoms with Gasteiger partial charge in [0.05, 0.1) is 17.4 Å². The molecule has 2 rings (SSSR count). The summed E-state index contributed by atoms with van der Waals surface area (Å²) in [5, 5.41) is 0. The second kappa shape index (κ2) is 3.69. The number of hydrogen-bond donors (Lipinski definition) is 0. The molecule has 0 aliphatic carbocycles. The van der Waals surface area contributed by atoms with Crippen molar-refractivity contribution in [3.8, 4) is 0 Å². The molecular formula is C13H18N2. The minimum atomic E-state index is 0.485. The fourth-order valence-electron chi connectivity index (χ4n) is 1.66. The number of fused-ring (bicyclic) bond motifs is 1. The Hall–Kier alpha value is -1.31. The number of nitrogens with zero attached hydrogens (tertiary/aromatic N) is 2. The summed E-state index contributed by atoms with van der Waals surface area (Å²) in [7, 11) is 0. The van der Waals surface area contributed by atoms with Crippen molar-refractivity contribution >= 4 is 5.52 Å². The van der Waals surface area contributed by atoms with Gasteiger partial charge in [-0.25, -0.2) is 0 Å². The lowest BCUT2D eigenvalue weighted by Crippen LogP contribution is -1.95. The molecule has 0 amide bonds. The maximum absolute atomic E-state index is 4.46. The molecular weight excluding hydrogens is 184 g/mol. The summed E-state index contributed by atoms with van der Waals surface area (Å²) in [4.78, 5) is 4.46. The van der Waals surface area contributed by atoms with Crippen LogP contribution in [0.3, 0.4) is 0 Å². The Morgan fingerprint density at radius 2 is 1.80 bits per heavy atom. The molecule has 0 unspecified atom stereocenters. The summed E-state index contributed by atoms with van der Waals surface area (Å²) >= 11 is 0. The standard InChI is InChI=1S/C13H18N2/c1-9(2)11-5-12-6-14-13(10(3)4)8-15(12)7-11/h5-10H,1-4H3. The quantitative estimate of drug-likeness (QED) is 0.727. The van der Waals surface area contributed by atoms with Gasteiger partial charge in [0.15, 0.2) is 0 Å². The molecule has 2 nitrogen and oxygen atoms in total. The van der Waals surface area contributed by atoms with Gasteiger partial charge in [0.2, 0.25) is 0 Å². The topological polar surface area (TPSA) is 17.3 Å². The predicted molar refractivity (Wildman–Crippen MR) is 63.4 cm³/mol. The van der Waals surface area contributed by atoms with Crippen molar-refractivity contribution in [1.82, 2.24) is 9.38 Å². The van der Waals surface area contributed by atoms with Crippen LogP contribution in [0.1, 0.15) is 50.8 Å².